The van der Waals surface area contributed by atoms with Gasteiger partial charge in [-0.1, -0.05) is 6.07 Å². The van der Waals surface area contributed by atoms with Crippen molar-refractivity contribution in [2.24, 2.45) is 5.92 Å². The first-order chi connectivity index (χ1) is 14.6. The van der Waals surface area contributed by atoms with Gasteiger partial charge in [-0.25, -0.2) is 14.2 Å². The summed E-state index contributed by atoms with van der Waals surface area (Å²) in [4.78, 5) is 19.1. The van der Waals surface area contributed by atoms with Crippen LogP contribution >= 0.6 is 0 Å². The fourth-order valence-corrected chi connectivity index (χ4v) is 4.95. The third-order valence-corrected chi connectivity index (χ3v) is 6.50. The lowest BCUT2D eigenvalue weighted by Crippen LogP contribution is -2.56. The van der Waals surface area contributed by atoms with Gasteiger partial charge in [0.25, 0.3) is 0 Å². The van der Waals surface area contributed by atoms with Crippen molar-refractivity contribution < 1.29 is 14.3 Å². The first kappa shape index (κ1) is 19.2. The second kappa shape index (κ2) is 7.81. The zero-order chi connectivity index (χ0) is 20.7. The van der Waals surface area contributed by atoms with Gasteiger partial charge in [0, 0.05) is 31.2 Å². The molecule has 3 fully saturated rings. The number of carboxylic acid groups (broad SMARTS) is 1. The summed E-state index contributed by atoms with van der Waals surface area (Å²) in [5.74, 6) is 0.101. The van der Waals surface area contributed by atoms with Crippen LogP contribution in [0.1, 0.15) is 23.2 Å². The minimum atomic E-state index is -0.974. The maximum absolute atomic E-state index is 13.4. The lowest BCUT2D eigenvalue weighted by molar-refractivity contribution is 0.0698. The molecule has 6 nitrogen and oxygen atoms in total. The third kappa shape index (κ3) is 3.48. The quantitative estimate of drug-likeness (QED) is 0.655. The summed E-state index contributed by atoms with van der Waals surface area (Å²) in [7, 11) is 0. The summed E-state index contributed by atoms with van der Waals surface area (Å²) < 4.78 is 15.4. The molecule has 4 heterocycles. The van der Waals surface area contributed by atoms with E-state index >= 15 is 0 Å². The Balaban J connectivity index is 1.47. The number of aromatic nitrogens is 2. The molecule has 3 aliphatic heterocycles. The Hall–Kier alpha value is -2.77. The topological polar surface area (TPSA) is 70.4 Å². The number of carbonyl (C=O) groups is 1. The normalized spacial score (nSPS) is 23.2. The van der Waals surface area contributed by atoms with Crippen LogP contribution in [0.25, 0.3) is 22.4 Å². The molecule has 3 aliphatic rings. The van der Waals surface area contributed by atoms with Crippen LogP contribution in [0.15, 0.2) is 42.5 Å². The summed E-state index contributed by atoms with van der Waals surface area (Å²) in [6.45, 7) is 4.80. The fraction of sp³-hybridized carbons (Fsp3) is 0.391. The number of fused-ring (bicyclic) bond motifs is 4. The molecule has 2 bridgehead atoms. The number of nitrogens with one attached hydrogen (secondary N) is 1. The molecule has 7 heteroatoms. The van der Waals surface area contributed by atoms with E-state index in [2.05, 4.69) is 10.2 Å². The van der Waals surface area contributed by atoms with Gasteiger partial charge in [0.2, 0.25) is 0 Å². The molecule has 0 spiro atoms. The van der Waals surface area contributed by atoms with Gasteiger partial charge in [0.15, 0.2) is 0 Å². The summed E-state index contributed by atoms with van der Waals surface area (Å²) in [5, 5.41) is 13.4. The van der Waals surface area contributed by atoms with Crippen LogP contribution in [0, 0.1) is 11.7 Å². The SMILES string of the molecule is O=C(O)c1cccc2nc(-c3ccc(F)cc3)n(CCNC3CN4CCC3CC4)c12. The summed E-state index contributed by atoms with van der Waals surface area (Å²) in [5.41, 5.74) is 2.25. The van der Waals surface area contributed by atoms with E-state index in [1.165, 1.54) is 38.1 Å². The van der Waals surface area contributed by atoms with Gasteiger partial charge in [-0.05, 0) is 68.2 Å². The molecule has 1 aromatic heterocycles. The first-order valence-electron chi connectivity index (χ1n) is 10.5. The van der Waals surface area contributed by atoms with Crippen molar-refractivity contribution in [1.82, 2.24) is 19.8 Å². The number of imidazole rings is 1. The highest BCUT2D eigenvalue weighted by Gasteiger charge is 2.33. The molecule has 156 valence electrons. The molecular formula is C23H25FN4O2. The number of rotatable bonds is 6. The predicted molar refractivity (Wildman–Crippen MR) is 113 cm³/mol. The average Bonchev–Trinajstić information content (AvgIpc) is 3.14. The van der Waals surface area contributed by atoms with Crippen LogP contribution < -0.4 is 5.32 Å². The molecule has 0 radical (unpaired) electrons. The standard InChI is InChI=1S/C23H25FN4O2/c24-17-6-4-16(5-7-17)22-26-19-3-1-2-18(23(29)30)21(19)28(22)13-10-25-20-14-27-11-8-15(20)9-12-27/h1-7,15,20,25H,8-14H2,(H,29,30). The summed E-state index contributed by atoms with van der Waals surface area (Å²) in [6.07, 6.45) is 2.49. The van der Waals surface area contributed by atoms with Gasteiger partial charge in [-0.2, -0.15) is 0 Å². The van der Waals surface area contributed by atoms with Crippen LogP contribution in [0.5, 0.6) is 0 Å². The molecular weight excluding hydrogens is 383 g/mol. The maximum atomic E-state index is 13.4. The Morgan fingerprint density at radius 3 is 2.60 bits per heavy atom. The minimum Gasteiger partial charge on any atom is -0.478 e. The van der Waals surface area contributed by atoms with Crippen molar-refractivity contribution in [2.45, 2.75) is 25.4 Å². The van der Waals surface area contributed by atoms with E-state index in [1.54, 1.807) is 24.3 Å². The maximum Gasteiger partial charge on any atom is 0.337 e. The molecule has 6 rings (SSSR count). The van der Waals surface area contributed by atoms with E-state index in [0.29, 0.717) is 29.4 Å². The van der Waals surface area contributed by atoms with E-state index in [9.17, 15) is 14.3 Å². The Bertz CT molecular complexity index is 1070. The molecule has 2 N–H and O–H groups in total. The van der Waals surface area contributed by atoms with Gasteiger partial charge in [0.1, 0.15) is 11.6 Å². The number of para-hydroxylation sites is 1. The first-order valence-corrected chi connectivity index (χ1v) is 10.5. The number of halogens is 1. The van der Waals surface area contributed by atoms with Crippen molar-refractivity contribution in [3.05, 3.63) is 53.8 Å². The Morgan fingerprint density at radius 2 is 1.93 bits per heavy atom. The number of carboxylic acids is 1. The molecule has 3 saturated heterocycles. The van der Waals surface area contributed by atoms with Crippen LogP contribution in [0.4, 0.5) is 4.39 Å². The molecule has 0 aliphatic carbocycles. The molecule has 0 saturated carbocycles. The van der Waals surface area contributed by atoms with E-state index in [1.807, 2.05) is 10.6 Å². The molecule has 1 atom stereocenters. The van der Waals surface area contributed by atoms with Crippen LogP contribution in [0.2, 0.25) is 0 Å². The van der Waals surface area contributed by atoms with E-state index in [-0.39, 0.29) is 11.4 Å². The molecule has 0 amide bonds. The molecule has 3 aromatic rings. The summed E-state index contributed by atoms with van der Waals surface area (Å²) >= 11 is 0. The highest BCUT2D eigenvalue weighted by molar-refractivity contribution is 6.02. The number of hydrogen-bond acceptors (Lipinski definition) is 4. The molecule has 2 aromatic carbocycles. The zero-order valence-electron chi connectivity index (χ0n) is 16.7. The van der Waals surface area contributed by atoms with E-state index < -0.39 is 5.97 Å². The van der Waals surface area contributed by atoms with E-state index in [4.69, 9.17) is 4.98 Å². The highest BCUT2D eigenvalue weighted by atomic mass is 19.1. The number of hydrogen-bond donors (Lipinski definition) is 2. The van der Waals surface area contributed by atoms with Gasteiger partial charge in [-0.3, -0.25) is 0 Å². The second-order valence-corrected chi connectivity index (χ2v) is 8.27. The van der Waals surface area contributed by atoms with Gasteiger partial charge in [0.05, 0.1) is 16.6 Å². The van der Waals surface area contributed by atoms with Gasteiger partial charge >= 0.3 is 5.97 Å². The van der Waals surface area contributed by atoms with Crippen LogP contribution in [0.3, 0.4) is 0 Å². The predicted octanol–water partition coefficient (Wildman–Crippen LogP) is 3.22. The van der Waals surface area contributed by atoms with Gasteiger partial charge in [-0.15, -0.1) is 0 Å². The van der Waals surface area contributed by atoms with Crippen LogP contribution in [-0.4, -0.2) is 57.7 Å². The Kier molecular flexibility index (Phi) is 5.00. The zero-order valence-corrected chi connectivity index (χ0v) is 16.7. The minimum absolute atomic E-state index is 0.233. The largest absolute Gasteiger partial charge is 0.478 e. The Morgan fingerprint density at radius 1 is 1.17 bits per heavy atom. The molecule has 1 unspecified atom stereocenters. The number of benzene rings is 2. The van der Waals surface area contributed by atoms with Crippen LogP contribution in [-0.2, 0) is 6.54 Å². The second-order valence-electron chi connectivity index (χ2n) is 8.27. The Labute approximate surface area is 174 Å². The van der Waals surface area contributed by atoms with Crippen molar-refractivity contribution in [3.8, 4) is 11.4 Å². The molecule has 30 heavy (non-hydrogen) atoms. The highest BCUT2D eigenvalue weighted by Crippen LogP contribution is 2.29. The fourth-order valence-electron chi connectivity index (χ4n) is 4.95. The number of piperidine rings is 3. The lowest BCUT2D eigenvalue weighted by atomic mass is 9.84. The number of nitrogens with zero attached hydrogens (tertiary/aromatic N) is 3. The van der Waals surface area contributed by atoms with E-state index in [0.717, 1.165) is 24.6 Å². The van der Waals surface area contributed by atoms with Crippen molar-refractivity contribution in [1.29, 1.82) is 0 Å². The van der Waals surface area contributed by atoms with Crippen molar-refractivity contribution in [2.75, 3.05) is 26.2 Å². The summed E-state index contributed by atoms with van der Waals surface area (Å²) in [6, 6.07) is 11.8. The third-order valence-electron chi connectivity index (χ3n) is 6.50. The number of aromatic carboxylic acids is 1. The smallest absolute Gasteiger partial charge is 0.337 e. The monoisotopic (exact) mass is 408 g/mol. The van der Waals surface area contributed by atoms with Crippen molar-refractivity contribution >= 4 is 17.0 Å². The van der Waals surface area contributed by atoms with Gasteiger partial charge < -0.3 is 19.9 Å². The lowest BCUT2D eigenvalue weighted by Gasteiger charge is -2.45. The average molecular weight is 408 g/mol. The van der Waals surface area contributed by atoms with Crippen molar-refractivity contribution in [3.63, 3.8) is 0 Å².